The summed E-state index contributed by atoms with van der Waals surface area (Å²) in [7, 11) is 1.66. The van der Waals surface area contributed by atoms with Crippen molar-refractivity contribution in [3.05, 3.63) is 35.4 Å². The van der Waals surface area contributed by atoms with Crippen molar-refractivity contribution in [2.45, 2.75) is 32.6 Å². The number of amides is 4. The Morgan fingerprint density at radius 3 is 2.56 bits per heavy atom. The van der Waals surface area contributed by atoms with Gasteiger partial charge in [-0.15, -0.1) is 0 Å². The number of nitrogens with zero attached hydrogens (tertiary/aromatic N) is 5. The van der Waals surface area contributed by atoms with Crippen LogP contribution >= 0.6 is 0 Å². The van der Waals surface area contributed by atoms with E-state index in [1.54, 1.807) is 18.9 Å². The molecule has 10 nitrogen and oxygen atoms in total. The molecule has 3 aliphatic rings. The number of urea groups is 1. The Balaban J connectivity index is 1.52. The van der Waals surface area contributed by atoms with Crippen LogP contribution < -0.4 is 5.32 Å². The largest absolute Gasteiger partial charge is 0.450 e. The molecule has 172 valence electrons. The van der Waals surface area contributed by atoms with E-state index in [1.165, 1.54) is 4.90 Å². The first-order chi connectivity index (χ1) is 15.4. The molecule has 2 fully saturated rings. The van der Waals surface area contributed by atoms with Gasteiger partial charge in [-0.25, -0.2) is 14.6 Å². The lowest BCUT2D eigenvalue weighted by Crippen LogP contribution is -2.63. The second kappa shape index (κ2) is 9.15. The number of nitrogens with one attached hydrogen (secondary N) is 1. The van der Waals surface area contributed by atoms with Crippen LogP contribution in [0, 0.1) is 6.92 Å². The average Bonchev–Trinajstić information content (AvgIpc) is 3.13. The topological polar surface area (TPSA) is 97.8 Å². The SMILES string of the molecule is CCOC(=O)N1CCN(CC2=NC3C(C(=O)NC(=O)N3C)N2Cc2ccccc2C)CC1. The Labute approximate surface area is 187 Å². The summed E-state index contributed by atoms with van der Waals surface area (Å²) in [6.07, 6.45) is -0.828. The van der Waals surface area contributed by atoms with Gasteiger partial charge in [0.15, 0.2) is 12.2 Å². The highest BCUT2D eigenvalue weighted by molar-refractivity contribution is 6.04. The van der Waals surface area contributed by atoms with Gasteiger partial charge in [0.05, 0.1) is 13.2 Å². The first kappa shape index (κ1) is 22.1. The first-order valence-electron chi connectivity index (χ1n) is 11.0. The van der Waals surface area contributed by atoms with E-state index in [0.29, 0.717) is 45.9 Å². The molecular formula is C22H30N6O4. The number of aryl methyl sites for hydroxylation is 1. The van der Waals surface area contributed by atoms with E-state index < -0.39 is 18.2 Å². The quantitative estimate of drug-likeness (QED) is 0.727. The summed E-state index contributed by atoms with van der Waals surface area (Å²) in [5, 5.41) is 2.45. The summed E-state index contributed by atoms with van der Waals surface area (Å²) in [4.78, 5) is 49.2. The summed E-state index contributed by atoms with van der Waals surface area (Å²) in [6.45, 7) is 7.82. The summed E-state index contributed by atoms with van der Waals surface area (Å²) < 4.78 is 5.10. The molecule has 0 aliphatic carbocycles. The van der Waals surface area contributed by atoms with Crippen LogP contribution in [0.3, 0.4) is 0 Å². The fourth-order valence-corrected chi connectivity index (χ4v) is 4.38. The number of hydrogen-bond donors (Lipinski definition) is 1. The van der Waals surface area contributed by atoms with Crippen LogP contribution in [0.15, 0.2) is 29.3 Å². The van der Waals surface area contributed by atoms with Crippen molar-refractivity contribution in [3.63, 3.8) is 0 Å². The number of ether oxygens (including phenoxy) is 1. The van der Waals surface area contributed by atoms with Gasteiger partial charge < -0.3 is 19.4 Å². The lowest BCUT2D eigenvalue weighted by molar-refractivity contribution is -0.127. The molecule has 0 radical (unpaired) electrons. The minimum absolute atomic E-state index is 0.283. The molecule has 3 aliphatic heterocycles. The zero-order valence-corrected chi connectivity index (χ0v) is 18.8. The molecule has 10 heteroatoms. The number of likely N-dealkylation sites (N-methyl/N-ethyl adjacent to an activating group) is 1. The summed E-state index contributed by atoms with van der Waals surface area (Å²) >= 11 is 0. The van der Waals surface area contributed by atoms with Gasteiger partial charge in [-0.2, -0.15) is 0 Å². The number of hydrogen-bond acceptors (Lipinski definition) is 7. The van der Waals surface area contributed by atoms with Gasteiger partial charge in [0.2, 0.25) is 0 Å². The summed E-state index contributed by atoms with van der Waals surface area (Å²) in [5.41, 5.74) is 2.25. The van der Waals surface area contributed by atoms with Crippen molar-refractivity contribution in [2.24, 2.45) is 4.99 Å². The van der Waals surface area contributed by atoms with E-state index in [2.05, 4.69) is 10.2 Å². The molecule has 0 bridgehead atoms. The predicted octanol–water partition coefficient (Wildman–Crippen LogP) is 0.860. The Bertz CT molecular complexity index is 927. The third-order valence-corrected chi connectivity index (χ3v) is 6.31. The Kier molecular flexibility index (Phi) is 6.31. The molecule has 0 saturated carbocycles. The molecule has 1 N–H and O–H groups in total. The molecule has 4 rings (SSSR count). The van der Waals surface area contributed by atoms with E-state index in [-0.39, 0.29) is 12.0 Å². The zero-order valence-electron chi connectivity index (χ0n) is 18.8. The maximum absolute atomic E-state index is 12.8. The van der Waals surface area contributed by atoms with E-state index in [9.17, 15) is 14.4 Å². The van der Waals surface area contributed by atoms with Gasteiger partial charge in [0.1, 0.15) is 5.84 Å². The lowest BCUT2D eigenvalue weighted by atomic mass is 10.1. The number of rotatable bonds is 5. The molecule has 2 atom stereocenters. The molecule has 1 aromatic rings. The molecule has 32 heavy (non-hydrogen) atoms. The molecule has 0 spiro atoms. The molecule has 4 amide bonds. The van der Waals surface area contributed by atoms with Gasteiger partial charge in [-0.05, 0) is 25.0 Å². The molecule has 1 aromatic carbocycles. The lowest BCUT2D eigenvalue weighted by Gasteiger charge is -2.38. The van der Waals surface area contributed by atoms with Gasteiger partial charge >= 0.3 is 12.1 Å². The second-order valence-electron chi connectivity index (χ2n) is 8.33. The monoisotopic (exact) mass is 442 g/mol. The fraction of sp³-hybridized carbons (Fsp3) is 0.545. The van der Waals surface area contributed by atoms with Crippen LogP contribution in [-0.4, -0.2) is 102 Å². The molecule has 2 unspecified atom stereocenters. The van der Waals surface area contributed by atoms with Crippen LogP contribution in [0.2, 0.25) is 0 Å². The van der Waals surface area contributed by atoms with Crippen molar-refractivity contribution in [2.75, 3.05) is 46.4 Å². The normalized spacial score (nSPS) is 23.7. The van der Waals surface area contributed by atoms with Gasteiger partial charge in [-0.1, -0.05) is 24.3 Å². The summed E-state index contributed by atoms with van der Waals surface area (Å²) in [6, 6.07) is 7.08. The Hall–Kier alpha value is -3.14. The number of carbonyl (C=O) groups is 3. The Morgan fingerprint density at radius 1 is 1.16 bits per heavy atom. The molecule has 3 heterocycles. The molecule has 2 saturated heterocycles. The number of fused-ring (bicyclic) bond motifs is 1. The number of piperazine rings is 1. The van der Waals surface area contributed by atoms with Crippen molar-refractivity contribution < 1.29 is 19.1 Å². The number of imide groups is 1. The standard InChI is InChI=1S/C22H30N6O4/c1-4-32-22(31)27-11-9-26(10-12-27)14-17-23-19-18(20(29)24-21(30)25(19)3)28(17)13-16-8-6-5-7-15(16)2/h5-8,18-19H,4,9-14H2,1-3H3,(H,24,29,30). The summed E-state index contributed by atoms with van der Waals surface area (Å²) in [5.74, 6) is 0.460. The molecule has 0 aromatic heterocycles. The van der Waals surface area contributed by atoms with Crippen LogP contribution in [-0.2, 0) is 16.1 Å². The van der Waals surface area contributed by atoms with Gasteiger partial charge in [-0.3, -0.25) is 15.0 Å². The van der Waals surface area contributed by atoms with Gasteiger partial charge in [0, 0.05) is 39.8 Å². The fourth-order valence-electron chi connectivity index (χ4n) is 4.38. The highest BCUT2D eigenvalue weighted by Crippen LogP contribution is 2.27. The highest BCUT2D eigenvalue weighted by atomic mass is 16.6. The first-order valence-corrected chi connectivity index (χ1v) is 11.0. The molecular weight excluding hydrogens is 412 g/mol. The smallest absolute Gasteiger partial charge is 0.409 e. The highest BCUT2D eigenvalue weighted by Gasteiger charge is 2.48. The predicted molar refractivity (Wildman–Crippen MR) is 118 cm³/mol. The number of carbonyl (C=O) groups excluding carboxylic acids is 3. The van der Waals surface area contributed by atoms with E-state index in [1.807, 2.05) is 36.1 Å². The van der Waals surface area contributed by atoms with Gasteiger partial charge in [0.25, 0.3) is 5.91 Å². The maximum atomic E-state index is 12.8. The van der Waals surface area contributed by atoms with Crippen LogP contribution in [0.25, 0.3) is 0 Å². The van der Waals surface area contributed by atoms with E-state index in [4.69, 9.17) is 9.73 Å². The maximum Gasteiger partial charge on any atom is 0.409 e. The van der Waals surface area contributed by atoms with Crippen molar-refractivity contribution in [1.82, 2.24) is 24.9 Å². The van der Waals surface area contributed by atoms with Crippen molar-refractivity contribution >= 4 is 23.9 Å². The zero-order chi connectivity index (χ0) is 22.8. The van der Waals surface area contributed by atoms with E-state index in [0.717, 1.165) is 17.0 Å². The minimum Gasteiger partial charge on any atom is -0.450 e. The minimum atomic E-state index is -0.562. The third kappa shape index (κ3) is 4.27. The van der Waals surface area contributed by atoms with Crippen molar-refractivity contribution in [1.29, 1.82) is 0 Å². The van der Waals surface area contributed by atoms with Crippen LogP contribution in [0.5, 0.6) is 0 Å². The van der Waals surface area contributed by atoms with Crippen LogP contribution in [0.4, 0.5) is 9.59 Å². The second-order valence-corrected chi connectivity index (χ2v) is 8.33. The average molecular weight is 443 g/mol. The third-order valence-electron chi connectivity index (χ3n) is 6.31. The number of benzene rings is 1. The van der Waals surface area contributed by atoms with E-state index >= 15 is 0 Å². The number of aliphatic imine (C=N–C) groups is 1. The Morgan fingerprint density at radius 2 is 1.88 bits per heavy atom. The number of amidine groups is 1. The van der Waals surface area contributed by atoms with Crippen molar-refractivity contribution in [3.8, 4) is 0 Å². The van der Waals surface area contributed by atoms with Crippen LogP contribution in [0.1, 0.15) is 18.1 Å².